The van der Waals surface area contributed by atoms with E-state index in [-0.39, 0.29) is 39.6 Å². The van der Waals surface area contributed by atoms with Crippen LogP contribution in [-0.4, -0.2) is 48.2 Å². The van der Waals surface area contributed by atoms with Gasteiger partial charge >= 0.3 is 34.1 Å². The van der Waals surface area contributed by atoms with E-state index in [0.29, 0.717) is 0 Å². The molecular weight excluding hydrogens is 313 g/mol. The summed E-state index contributed by atoms with van der Waals surface area (Å²) in [7, 11) is 0. The Balaban J connectivity index is -0.0000000511. The summed E-state index contributed by atoms with van der Waals surface area (Å²) >= 11 is 0. The van der Waals surface area contributed by atoms with Crippen molar-refractivity contribution in [2.45, 2.75) is 26.1 Å². The summed E-state index contributed by atoms with van der Waals surface area (Å²) in [5.41, 5.74) is 10.6. The third kappa shape index (κ3) is 61.0. The van der Waals surface area contributed by atoms with E-state index in [2.05, 4.69) is 5.32 Å². The SMILES string of the molecule is CC(O)O.NCCCNCCCN.O.[Cu+].[Cu+]. The van der Waals surface area contributed by atoms with Gasteiger partial charge in [-0.15, -0.1) is 0 Å². The molecule has 0 aliphatic heterocycles. The molecule has 0 spiro atoms. The van der Waals surface area contributed by atoms with Crippen molar-refractivity contribution in [3.8, 4) is 0 Å². The average Bonchev–Trinajstić information content (AvgIpc) is 2.03. The van der Waals surface area contributed by atoms with E-state index in [9.17, 15) is 0 Å². The van der Waals surface area contributed by atoms with Crippen molar-refractivity contribution in [3.05, 3.63) is 0 Å². The third-order valence-electron chi connectivity index (χ3n) is 1.12. The van der Waals surface area contributed by atoms with Crippen LogP contribution >= 0.6 is 0 Å². The van der Waals surface area contributed by atoms with Crippen molar-refractivity contribution in [1.29, 1.82) is 0 Å². The van der Waals surface area contributed by atoms with Gasteiger partial charge in [-0.05, 0) is 45.9 Å². The molecule has 0 aliphatic carbocycles. The smallest absolute Gasteiger partial charge is 0.412 e. The normalized spacial score (nSPS) is 7.88. The predicted molar refractivity (Wildman–Crippen MR) is 57.7 cm³/mol. The van der Waals surface area contributed by atoms with E-state index >= 15 is 0 Å². The molecule has 0 aromatic rings. The van der Waals surface area contributed by atoms with Crippen LogP contribution in [0.4, 0.5) is 0 Å². The first-order valence-corrected chi connectivity index (χ1v) is 4.62. The van der Waals surface area contributed by atoms with Crippen LogP contribution in [0.5, 0.6) is 0 Å². The van der Waals surface area contributed by atoms with Crippen molar-refractivity contribution in [2.24, 2.45) is 11.5 Å². The maximum Gasteiger partial charge on any atom is 1.00 e. The number of nitrogens with one attached hydrogen (secondary N) is 1. The molecule has 0 atom stereocenters. The van der Waals surface area contributed by atoms with Crippen LogP contribution in [0.15, 0.2) is 0 Å². The molecule has 0 aromatic carbocycles. The minimum absolute atomic E-state index is 0. The molecular formula is C8H25Cu2N3O3+2. The Morgan fingerprint density at radius 2 is 1.25 bits per heavy atom. The first-order valence-electron chi connectivity index (χ1n) is 4.62. The number of hydrogen-bond donors (Lipinski definition) is 5. The minimum Gasteiger partial charge on any atom is -0.412 e. The standard InChI is InChI=1S/C6H17N3.C2H6O2.2Cu.H2O/c7-3-1-5-9-6-2-4-8;1-2(3)4;;;/h9H,1-8H2;2-4H,1H3;;;1H2/q;;2*+1;. The molecule has 110 valence electrons. The molecule has 0 unspecified atom stereocenters. The van der Waals surface area contributed by atoms with Crippen molar-refractivity contribution in [1.82, 2.24) is 5.32 Å². The van der Waals surface area contributed by atoms with Crippen molar-refractivity contribution in [3.63, 3.8) is 0 Å². The second-order valence-electron chi connectivity index (χ2n) is 2.67. The second kappa shape index (κ2) is 29.7. The fraction of sp³-hybridized carbons (Fsp3) is 1.00. The molecule has 0 aromatic heterocycles. The molecule has 16 heavy (non-hydrogen) atoms. The predicted octanol–water partition coefficient (Wildman–Crippen LogP) is -2.24. The van der Waals surface area contributed by atoms with Gasteiger partial charge in [0.25, 0.3) is 0 Å². The Kier molecular flexibility index (Phi) is 55.9. The molecule has 0 saturated carbocycles. The first-order chi connectivity index (χ1) is 6.15. The van der Waals surface area contributed by atoms with Crippen LogP contribution in [-0.2, 0) is 34.1 Å². The van der Waals surface area contributed by atoms with Gasteiger partial charge < -0.3 is 32.5 Å². The van der Waals surface area contributed by atoms with Crippen LogP contribution in [0.2, 0.25) is 0 Å². The maximum atomic E-state index is 7.61. The molecule has 0 amide bonds. The van der Waals surface area contributed by atoms with Gasteiger partial charge in [0, 0.05) is 0 Å². The Bertz CT molecular complexity index is 84.2. The van der Waals surface area contributed by atoms with Gasteiger partial charge in [0.05, 0.1) is 0 Å². The Morgan fingerprint density at radius 3 is 1.44 bits per heavy atom. The van der Waals surface area contributed by atoms with E-state index < -0.39 is 6.29 Å². The summed E-state index contributed by atoms with van der Waals surface area (Å²) in [5.74, 6) is 0. The number of nitrogens with two attached hydrogens (primary N) is 2. The largest absolute Gasteiger partial charge is 1.00 e. The number of aliphatic hydroxyl groups is 2. The number of hydrogen-bond acceptors (Lipinski definition) is 5. The topological polar surface area (TPSA) is 136 Å². The van der Waals surface area contributed by atoms with Gasteiger partial charge in [0.15, 0.2) is 0 Å². The van der Waals surface area contributed by atoms with Crippen molar-refractivity contribution in [2.75, 3.05) is 26.2 Å². The molecule has 0 saturated heterocycles. The zero-order chi connectivity index (χ0) is 10.5. The number of aliphatic hydroxyl groups excluding tert-OH is 1. The molecule has 6 nitrogen and oxygen atoms in total. The Hall–Kier alpha value is 0.799. The first kappa shape index (κ1) is 30.1. The molecule has 0 rings (SSSR count). The summed E-state index contributed by atoms with van der Waals surface area (Å²) in [6, 6.07) is 0. The summed E-state index contributed by atoms with van der Waals surface area (Å²) in [6.45, 7) is 4.87. The second-order valence-corrected chi connectivity index (χ2v) is 2.67. The average molecular weight is 338 g/mol. The van der Waals surface area contributed by atoms with Crippen LogP contribution in [0.25, 0.3) is 0 Å². The van der Waals surface area contributed by atoms with Gasteiger partial charge in [0.1, 0.15) is 6.29 Å². The summed E-state index contributed by atoms with van der Waals surface area (Å²) in [5, 5.41) is 18.4. The Morgan fingerprint density at radius 1 is 1.00 bits per heavy atom. The van der Waals surface area contributed by atoms with Crippen LogP contribution in [0, 0.1) is 0 Å². The quantitative estimate of drug-likeness (QED) is 0.212. The van der Waals surface area contributed by atoms with Gasteiger partial charge in [-0.1, -0.05) is 0 Å². The fourth-order valence-corrected chi connectivity index (χ4v) is 0.579. The fourth-order valence-electron chi connectivity index (χ4n) is 0.579. The van der Waals surface area contributed by atoms with Gasteiger partial charge in [-0.3, -0.25) is 0 Å². The monoisotopic (exact) mass is 337 g/mol. The van der Waals surface area contributed by atoms with Gasteiger partial charge in [-0.2, -0.15) is 0 Å². The van der Waals surface area contributed by atoms with E-state index in [1.165, 1.54) is 6.92 Å². The summed E-state index contributed by atoms with van der Waals surface area (Å²) in [6.07, 6.45) is 0.954. The molecule has 8 heteroatoms. The Labute approximate surface area is 119 Å². The summed E-state index contributed by atoms with van der Waals surface area (Å²) in [4.78, 5) is 0. The molecule has 9 N–H and O–H groups in total. The van der Waals surface area contributed by atoms with E-state index in [0.717, 1.165) is 39.0 Å². The molecule has 0 fully saturated rings. The van der Waals surface area contributed by atoms with Gasteiger partial charge in [-0.25, -0.2) is 0 Å². The zero-order valence-electron chi connectivity index (χ0n) is 9.47. The van der Waals surface area contributed by atoms with Gasteiger partial charge in [0.2, 0.25) is 0 Å². The molecule has 0 radical (unpaired) electrons. The van der Waals surface area contributed by atoms with E-state index in [4.69, 9.17) is 21.7 Å². The van der Waals surface area contributed by atoms with Crippen molar-refractivity contribution < 1.29 is 49.8 Å². The van der Waals surface area contributed by atoms with Crippen LogP contribution in [0.1, 0.15) is 19.8 Å². The minimum atomic E-state index is -1.17. The molecule has 0 bridgehead atoms. The maximum absolute atomic E-state index is 7.61. The zero-order valence-corrected chi connectivity index (χ0v) is 11.4. The van der Waals surface area contributed by atoms with Crippen LogP contribution in [0.3, 0.4) is 0 Å². The van der Waals surface area contributed by atoms with E-state index in [1.54, 1.807) is 0 Å². The van der Waals surface area contributed by atoms with Crippen LogP contribution < -0.4 is 16.8 Å². The van der Waals surface area contributed by atoms with E-state index in [1.807, 2.05) is 0 Å². The summed E-state index contributed by atoms with van der Waals surface area (Å²) < 4.78 is 0. The van der Waals surface area contributed by atoms with Crippen molar-refractivity contribution >= 4 is 0 Å². The number of rotatable bonds is 6. The third-order valence-corrected chi connectivity index (χ3v) is 1.12. The molecule has 0 aliphatic rings. The molecule has 0 heterocycles.